The number of aromatic nitrogens is 1. The molecule has 2 heterocycles. The molecule has 1 atom stereocenters. The van der Waals surface area contributed by atoms with Gasteiger partial charge in [0, 0.05) is 25.9 Å². The normalized spacial score (nSPS) is 21.9. The van der Waals surface area contributed by atoms with Gasteiger partial charge in [-0.05, 0) is 11.6 Å². The van der Waals surface area contributed by atoms with Crippen molar-refractivity contribution >= 4 is 6.09 Å². The molecule has 1 saturated heterocycles. The second kappa shape index (κ2) is 3.65. The van der Waals surface area contributed by atoms with Crippen molar-refractivity contribution in [1.82, 2.24) is 9.88 Å². The number of hydrogen-bond donors (Lipinski definition) is 0. The molecule has 1 amide bonds. The molecule has 14 heavy (non-hydrogen) atoms. The fourth-order valence-corrected chi connectivity index (χ4v) is 1.64. The van der Waals surface area contributed by atoms with Gasteiger partial charge >= 0.3 is 6.09 Å². The minimum atomic E-state index is -0.259. The van der Waals surface area contributed by atoms with Crippen LogP contribution in [0.15, 0.2) is 24.5 Å². The Morgan fingerprint density at radius 1 is 1.64 bits per heavy atom. The Hall–Kier alpha value is -1.58. The van der Waals surface area contributed by atoms with Crippen LogP contribution in [0.2, 0.25) is 0 Å². The summed E-state index contributed by atoms with van der Waals surface area (Å²) in [6, 6.07) is 3.96. The maximum absolute atomic E-state index is 11.3. The van der Waals surface area contributed by atoms with Gasteiger partial charge in [0.1, 0.15) is 0 Å². The zero-order valence-corrected chi connectivity index (χ0v) is 8.01. The summed E-state index contributed by atoms with van der Waals surface area (Å²) in [5.41, 5.74) is 1.06. The molecule has 1 aliphatic heterocycles. The zero-order valence-electron chi connectivity index (χ0n) is 8.01. The van der Waals surface area contributed by atoms with Crippen LogP contribution in [0.3, 0.4) is 0 Å². The van der Waals surface area contributed by atoms with Gasteiger partial charge in [-0.1, -0.05) is 6.07 Å². The third-order valence-electron chi connectivity index (χ3n) is 2.44. The van der Waals surface area contributed by atoms with E-state index in [-0.39, 0.29) is 12.1 Å². The third-order valence-corrected chi connectivity index (χ3v) is 2.44. The van der Waals surface area contributed by atoms with Crippen LogP contribution >= 0.6 is 0 Å². The lowest BCUT2D eigenvalue weighted by molar-refractivity contribution is 0.0558. The van der Waals surface area contributed by atoms with Crippen molar-refractivity contribution in [2.45, 2.75) is 12.5 Å². The van der Waals surface area contributed by atoms with E-state index in [1.165, 1.54) is 0 Å². The molecule has 1 unspecified atom stereocenters. The number of ether oxygens (including phenoxy) is 1. The molecule has 0 N–H and O–H groups in total. The molecule has 4 heteroatoms. The number of amides is 1. The van der Waals surface area contributed by atoms with Crippen molar-refractivity contribution < 1.29 is 9.53 Å². The molecule has 2 rings (SSSR count). The van der Waals surface area contributed by atoms with E-state index in [1.54, 1.807) is 24.3 Å². The molecule has 1 fully saturated rings. The predicted octanol–water partition coefficient (Wildman–Crippen LogP) is 1.59. The molecule has 0 aliphatic carbocycles. The van der Waals surface area contributed by atoms with Crippen LogP contribution in [0.5, 0.6) is 0 Å². The lowest BCUT2D eigenvalue weighted by Crippen LogP contribution is -2.37. The van der Waals surface area contributed by atoms with E-state index >= 15 is 0 Å². The number of cyclic esters (lactones) is 1. The summed E-state index contributed by atoms with van der Waals surface area (Å²) >= 11 is 0. The maximum Gasteiger partial charge on any atom is 0.410 e. The monoisotopic (exact) mass is 192 g/mol. The smallest absolute Gasteiger partial charge is 0.410 e. The van der Waals surface area contributed by atoms with Gasteiger partial charge < -0.3 is 9.64 Å². The van der Waals surface area contributed by atoms with Crippen LogP contribution in [0.4, 0.5) is 4.79 Å². The van der Waals surface area contributed by atoms with Gasteiger partial charge in [-0.25, -0.2) is 4.79 Å². The Kier molecular flexibility index (Phi) is 2.35. The van der Waals surface area contributed by atoms with E-state index in [0.29, 0.717) is 6.61 Å². The Bertz CT molecular complexity index is 326. The van der Waals surface area contributed by atoms with Crippen molar-refractivity contribution in [1.29, 1.82) is 0 Å². The van der Waals surface area contributed by atoms with Gasteiger partial charge in [0.25, 0.3) is 0 Å². The molecule has 0 radical (unpaired) electrons. The van der Waals surface area contributed by atoms with Gasteiger partial charge in [0.15, 0.2) is 0 Å². The first-order valence-electron chi connectivity index (χ1n) is 4.58. The highest BCUT2D eigenvalue weighted by atomic mass is 16.6. The van der Waals surface area contributed by atoms with Crippen LogP contribution in [0.1, 0.15) is 18.0 Å². The number of nitrogens with zero attached hydrogens (tertiary/aromatic N) is 2. The molecule has 0 aromatic carbocycles. The molecule has 1 aromatic rings. The number of hydrogen-bond acceptors (Lipinski definition) is 3. The second-order valence-corrected chi connectivity index (χ2v) is 3.32. The van der Waals surface area contributed by atoms with Crippen molar-refractivity contribution in [2.24, 2.45) is 0 Å². The van der Waals surface area contributed by atoms with Crippen LogP contribution in [-0.4, -0.2) is 29.6 Å². The van der Waals surface area contributed by atoms with E-state index in [2.05, 4.69) is 4.98 Å². The fraction of sp³-hybridized carbons (Fsp3) is 0.400. The fourth-order valence-electron chi connectivity index (χ4n) is 1.64. The summed E-state index contributed by atoms with van der Waals surface area (Å²) in [6.07, 6.45) is 4.09. The van der Waals surface area contributed by atoms with E-state index in [9.17, 15) is 4.79 Å². The SMILES string of the molecule is CN1C(=O)OCCC1c1cccnc1. The molecule has 74 valence electrons. The van der Waals surface area contributed by atoms with Crippen molar-refractivity contribution in [2.75, 3.05) is 13.7 Å². The second-order valence-electron chi connectivity index (χ2n) is 3.32. The minimum Gasteiger partial charge on any atom is -0.449 e. The summed E-state index contributed by atoms with van der Waals surface area (Å²) in [7, 11) is 1.75. The van der Waals surface area contributed by atoms with Crippen molar-refractivity contribution in [3.05, 3.63) is 30.1 Å². The first-order valence-corrected chi connectivity index (χ1v) is 4.58. The minimum absolute atomic E-state index is 0.102. The molecule has 4 nitrogen and oxygen atoms in total. The van der Waals surface area contributed by atoms with Crippen molar-refractivity contribution in [3.8, 4) is 0 Å². The summed E-state index contributed by atoms with van der Waals surface area (Å²) in [4.78, 5) is 16.9. The summed E-state index contributed by atoms with van der Waals surface area (Å²) in [5, 5.41) is 0. The number of pyridine rings is 1. The van der Waals surface area contributed by atoms with E-state index in [1.807, 2.05) is 12.1 Å². The Morgan fingerprint density at radius 3 is 3.21 bits per heavy atom. The Labute approximate surface area is 82.5 Å². The van der Waals surface area contributed by atoms with Crippen LogP contribution in [0, 0.1) is 0 Å². The maximum atomic E-state index is 11.3. The average molecular weight is 192 g/mol. The van der Waals surface area contributed by atoms with E-state index in [4.69, 9.17) is 4.74 Å². The summed E-state index contributed by atoms with van der Waals surface area (Å²) < 4.78 is 4.91. The highest BCUT2D eigenvalue weighted by Gasteiger charge is 2.27. The van der Waals surface area contributed by atoms with Crippen LogP contribution in [0.25, 0.3) is 0 Å². The van der Waals surface area contributed by atoms with Gasteiger partial charge in [-0.2, -0.15) is 0 Å². The summed E-state index contributed by atoms with van der Waals surface area (Å²) in [5.74, 6) is 0. The molecule has 0 saturated carbocycles. The van der Waals surface area contributed by atoms with Crippen molar-refractivity contribution in [3.63, 3.8) is 0 Å². The first kappa shape index (κ1) is 8.99. The zero-order chi connectivity index (χ0) is 9.97. The highest BCUT2D eigenvalue weighted by Crippen LogP contribution is 2.26. The van der Waals surface area contributed by atoms with Crippen LogP contribution in [-0.2, 0) is 4.74 Å². The molecule has 0 bridgehead atoms. The highest BCUT2D eigenvalue weighted by molar-refractivity contribution is 5.68. The number of carbonyl (C=O) groups is 1. The summed E-state index contributed by atoms with van der Waals surface area (Å²) in [6.45, 7) is 0.489. The molecular weight excluding hydrogens is 180 g/mol. The quantitative estimate of drug-likeness (QED) is 0.678. The van der Waals surface area contributed by atoms with Gasteiger partial charge in [-0.3, -0.25) is 4.98 Å². The van der Waals surface area contributed by atoms with Gasteiger partial charge in [-0.15, -0.1) is 0 Å². The topological polar surface area (TPSA) is 42.4 Å². The first-order chi connectivity index (χ1) is 6.79. The van der Waals surface area contributed by atoms with E-state index in [0.717, 1.165) is 12.0 Å². The van der Waals surface area contributed by atoms with Gasteiger partial charge in [0.05, 0.1) is 12.6 Å². The lowest BCUT2D eigenvalue weighted by atomic mass is 10.0. The predicted molar refractivity (Wildman–Crippen MR) is 50.7 cm³/mol. The van der Waals surface area contributed by atoms with Crippen LogP contribution < -0.4 is 0 Å². The molecule has 1 aliphatic rings. The average Bonchev–Trinajstić information content (AvgIpc) is 2.23. The molecule has 0 spiro atoms. The standard InChI is InChI=1S/C10H12N2O2/c1-12-9(4-6-14-10(12)13)8-3-2-5-11-7-8/h2-3,5,7,9H,4,6H2,1H3. The molecular formula is C10H12N2O2. The van der Waals surface area contributed by atoms with E-state index < -0.39 is 0 Å². The number of rotatable bonds is 1. The largest absolute Gasteiger partial charge is 0.449 e. The van der Waals surface area contributed by atoms with Gasteiger partial charge in [0.2, 0.25) is 0 Å². The molecule has 1 aromatic heterocycles. The Morgan fingerprint density at radius 2 is 2.50 bits per heavy atom. The Balaban J connectivity index is 2.22. The lowest BCUT2D eigenvalue weighted by Gasteiger charge is -2.31. The number of carbonyl (C=O) groups excluding carboxylic acids is 1. The third kappa shape index (κ3) is 1.55.